The summed E-state index contributed by atoms with van der Waals surface area (Å²) in [5, 5.41) is 2.91. The largest absolute Gasteiger partial charge is 0.357 e. The highest BCUT2D eigenvalue weighted by atomic mass is 79.9. The summed E-state index contributed by atoms with van der Waals surface area (Å²) >= 11 is 3.47. The fourth-order valence-electron chi connectivity index (χ4n) is 2.39. The fraction of sp³-hybridized carbons (Fsp3) is 0.364. The van der Waals surface area contributed by atoms with Crippen molar-refractivity contribution in [3.63, 3.8) is 0 Å². The Morgan fingerprint density at radius 3 is 3.20 bits per heavy atom. The molecule has 0 spiro atoms. The second-order valence-corrected chi connectivity index (χ2v) is 4.89. The molecule has 2 aliphatic heterocycles. The summed E-state index contributed by atoms with van der Waals surface area (Å²) in [5.41, 5.74) is 2.49. The Bertz CT molecular complexity index is 433. The van der Waals surface area contributed by atoms with E-state index in [1.807, 2.05) is 6.07 Å². The van der Waals surface area contributed by atoms with Crippen molar-refractivity contribution in [2.24, 2.45) is 0 Å². The second-order valence-electron chi connectivity index (χ2n) is 3.98. The molecule has 2 heterocycles. The zero-order valence-electron chi connectivity index (χ0n) is 8.16. The van der Waals surface area contributed by atoms with E-state index in [1.165, 1.54) is 11.3 Å². The van der Waals surface area contributed by atoms with Crippen LogP contribution in [0.3, 0.4) is 0 Å². The van der Waals surface area contributed by atoms with Gasteiger partial charge in [0.05, 0.1) is 0 Å². The van der Waals surface area contributed by atoms with E-state index in [4.69, 9.17) is 0 Å². The van der Waals surface area contributed by atoms with Gasteiger partial charge >= 0.3 is 0 Å². The standard InChI is InChI=1S/C11H11BrN2O/c12-8-2-1-7-5-10-11(15)13-3-4-14(10)9(7)6-8/h1-2,6,10H,3-5H2,(H,13,15). The van der Waals surface area contributed by atoms with Gasteiger partial charge in [-0.2, -0.15) is 0 Å². The van der Waals surface area contributed by atoms with E-state index in [9.17, 15) is 4.79 Å². The van der Waals surface area contributed by atoms with Gasteiger partial charge < -0.3 is 10.2 Å². The third-order valence-electron chi connectivity index (χ3n) is 3.10. The van der Waals surface area contributed by atoms with Crippen molar-refractivity contribution >= 4 is 27.5 Å². The van der Waals surface area contributed by atoms with E-state index in [1.54, 1.807) is 0 Å². The average molecular weight is 267 g/mol. The smallest absolute Gasteiger partial charge is 0.243 e. The number of nitrogens with one attached hydrogen (secondary N) is 1. The first-order chi connectivity index (χ1) is 7.25. The number of hydrogen-bond acceptors (Lipinski definition) is 2. The summed E-state index contributed by atoms with van der Waals surface area (Å²) < 4.78 is 1.08. The molecule has 0 aliphatic carbocycles. The number of piperazine rings is 1. The average Bonchev–Trinajstić information content (AvgIpc) is 2.58. The van der Waals surface area contributed by atoms with Gasteiger partial charge in [0, 0.05) is 29.7 Å². The monoisotopic (exact) mass is 266 g/mol. The van der Waals surface area contributed by atoms with Gasteiger partial charge in [-0.3, -0.25) is 4.79 Å². The molecule has 0 aromatic heterocycles. The van der Waals surface area contributed by atoms with Gasteiger partial charge in [-0.15, -0.1) is 0 Å². The van der Waals surface area contributed by atoms with E-state index in [0.717, 1.165) is 24.0 Å². The van der Waals surface area contributed by atoms with Crippen LogP contribution in [0.1, 0.15) is 5.56 Å². The Kier molecular flexibility index (Phi) is 1.99. The topological polar surface area (TPSA) is 32.3 Å². The fourth-order valence-corrected chi connectivity index (χ4v) is 2.74. The lowest BCUT2D eigenvalue weighted by Gasteiger charge is -2.31. The van der Waals surface area contributed by atoms with E-state index >= 15 is 0 Å². The van der Waals surface area contributed by atoms with E-state index in [2.05, 4.69) is 38.3 Å². The number of halogens is 1. The number of carbonyl (C=O) groups is 1. The molecule has 1 aromatic rings. The molecule has 78 valence electrons. The summed E-state index contributed by atoms with van der Waals surface area (Å²) in [4.78, 5) is 13.9. The first kappa shape index (κ1) is 9.21. The highest BCUT2D eigenvalue weighted by molar-refractivity contribution is 9.10. The molecule has 1 unspecified atom stereocenters. The highest BCUT2D eigenvalue weighted by Crippen LogP contribution is 2.35. The lowest BCUT2D eigenvalue weighted by atomic mass is 10.1. The predicted molar refractivity (Wildman–Crippen MR) is 62.0 cm³/mol. The molecular formula is C11H11BrN2O. The van der Waals surface area contributed by atoms with Gasteiger partial charge in [0.1, 0.15) is 6.04 Å². The first-order valence-corrected chi connectivity index (χ1v) is 5.88. The number of amides is 1. The quantitative estimate of drug-likeness (QED) is 0.768. The number of anilines is 1. The molecule has 1 atom stereocenters. The number of rotatable bonds is 0. The molecule has 1 N–H and O–H groups in total. The summed E-state index contributed by atoms with van der Waals surface area (Å²) in [6.07, 6.45) is 0.842. The maximum Gasteiger partial charge on any atom is 0.243 e. The van der Waals surface area contributed by atoms with E-state index in [-0.39, 0.29) is 11.9 Å². The number of fused-ring (bicyclic) bond motifs is 3. The SMILES string of the molecule is O=C1NCCN2c3cc(Br)ccc3CC12. The van der Waals surface area contributed by atoms with Gasteiger partial charge in [-0.25, -0.2) is 0 Å². The lowest BCUT2D eigenvalue weighted by Crippen LogP contribution is -2.53. The Morgan fingerprint density at radius 1 is 1.47 bits per heavy atom. The van der Waals surface area contributed by atoms with Crippen LogP contribution >= 0.6 is 15.9 Å². The zero-order chi connectivity index (χ0) is 10.4. The molecular weight excluding hydrogens is 256 g/mol. The maximum atomic E-state index is 11.7. The Hall–Kier alpha value is -1.03. The van der Waals surface area contributed by atoms with Crippen LogP contribution in [0, 0.1) is 0 Å². The minimum absolute atomic E-state index is 0.0167. The third-order valence-corrected chi connectivity index (χ3v) is 3.59. The van der Waals surface area contributed by atoms with Crippen molar-refractivity contribution in [3.8, 4) is 0 Å². The lowest BCUT2D eigenvalue weighted by molar-refractivity contribution is -0.123. The summed E-state index contributed by atoms with van der Waals surface area (Å²) in [6, 6.07) is 6.26. The number of benzene rings is 1. The van der Waals surface area contributed by atoms with E-state index < -0.39 is 0 Å². The summed E-state index contributed by atoms with van der Waals surface area (Å²) in [6.45, 7) is 1.67. The maximum absolute atomic E-state index is 11.7. The van der Waals surface area contributed by atoms with Crippen molar-refractivity contribution in [2.75, 3.05) is 18.0 Å². The minimum Gasteiger partial charge on any atom is -0.357 e. The Morgan fingerprint density at radius 2 is 2.33 bits per heavy atom. The first-order valence-electron chi connectivity index (χ1n) is 5.08. The van der Waals surface area contributed by atoms with Crippen LogP contribution in [0.5, 0.6) is 0 Å². The van der Waals surface area contributed by atoms with Crippen molar-refractivity contribution in [1.82, 2.24) is 5.32 Å². The molecule has 1 saturated heterocycles. The van der Waals surface area contributed by atoms with Crippen LogP contribution in [0.25, 0.3) is 0 Å². The third kappa shape index (κ3) is 1.35. The Balaban J connectivity index is 2.05. The van der Waals surface area contributed by atoms with Gasteiger partial charge in [-0.05, 0) is 17.7 Å². The van der Waals surface area contributed by atoms with Crippen LogP contribution < -0.4 is 10.2 Å². The van der Waals surface area contributed by atoms with Crippen LogP contribution in [-0.2, 0) is 11.2 Å². The van der Waals surface area contributed by atoms with Crippen LogP contribution in [-0.4, -0.2) is 25.0 Å². The van der Waals surface area contributed by atoms with Gasteiger partial charge in [0.15, 0.2) is 0 Å². The number of carbonyl (C=O) groups excluding carboxylic acids is 1. The molecule has 0 saturated carbocycles. The number of nitrogens with zero attached hydrogens (tertiary/aromatic N) is 1. The van der Waals surface area contributed by atoms with Crippen LogP contribution in [0.4, 0.5) is 5.69 Å². The molecule has 2 aliphatic rings. The van der Waals surface area contributed by atoms with Crippen molar-refractivity contribution in [3.05, 3.63) is 28.2 Å². The van der Waals surface area contributed by atoms with Crippen molar-refractivity contribution in [1.29, 1.82) is 0 Å². The van der Waals surface area contributed by atoms with Crippen molar-refractivity contribution < 1.29 is 4.79 Å². The molecule has 3 rings (SSSR count). The molecule has 4 heteroatoms. The summed E-state index contributed by atoms with van der Waals surface area (Å²) in [7, 11) is 0. The highest BCUT2D eigenvalue weighted by Gasteiger charge is 2.36. The summed E-state index contributed by atoms with van der Waals surface area (Å²) in [5.74, 6) is 0.161. The molecule has 1 fully saturated rings. The zero-order valence-corrected chi connectivity index (χ0v) is 9.75. The van der Waals surface area contributed by atoms with Gasteiger partial charge in [0.2, 0.25) is 5.91 Å². The molecule has 0 radical (unpaired) electrons. The normalized spacial score (nSPS) is 23.4. The molecule has 15 heavy (non-hydrogen) atoms. The van der Waals surface area contributed by atoms with Crippen LogP contribution in [0.15, 0.2) is 22.7 Å². The van der Waals surface area contributed by atoms with E-state index in [0.29, 0.717) is 0 Å². The van der Waals surface area contributed by atoms with Gasteiger partial charge in [-0.1, -0.05) is 22.0 Å². The molecule has 3 nitrogen and oxygen atoms in total. The van der Waals surface area contributed by atoms with Crippen LogP contribution in [0.2, 0.25) is 0 Å². The Labute approximate surface area is 96.6 Å². The van der Waals surface area contributed by atoms with Crippen molar-refractivity contribution in [2.45, 2.75) is 12.5 Å². The predicted octanol–water partition coefficient (Wildman–Crippen LogP) is 1.31. The molecule has 1 amide bonds. The van der Waals surface area contributed by atoms with Gasteiger partial charge in [0.25, 0.3) is 0 Å². The number of hydrogen-bond donors (Lipinski definition) is 1. The molecule has 0 bridgehead atoms. The second kappa shape index (κ2) is 3.23. The minimum atomic E-state index is 0.0167. The molecule has 1 aromatic carbocycles.